The first-order valence-electron chi connectivity index (χ1n) is 7.01. The van der Waals surface area contributed by atoms with Crippen LogP contribution < -0.4 is 4.74 Å². The summed E-state index contributed by atoms with van der Waals surface area (Å²) in [7, 11) is 1.64. The minimum absolute atomic E-state index is 0.637. The first-order chi connectivity index (χ1) is 10.2. The number of aliphatic hydroxyl groups excluding tert-OH is 1. The van der Waals surface area contributed by atoms with Gasteiger partial charge in [0.25, 0.3) is 0 Å². The molecule has 0 aliphatic heterocycles. The van der Waals surface area contributed by atoms with Crippen molar-refractivity contribution in [2.24, 2.45) is 0 Å². The molecule has 106 valence electrons. The Morgan fingerprint density at radius 1 is 0.905 bits per heavy atom. The number of rotatable bonds is 3. The summed E-state index contributed by atoms with van der Waals surface area (Å²) < 4.78 is 5.17. The highest BCUT2D eigenvalue weighted by molar-refractivity contribution is 5.87. The lowest BCUT2D eigenvalue weighted by Crippen LogP contribution is -2.03. The second kappa shape index (κ2) is 5.58. The average molecular weight is 278 g/mol. The van der Waals surface area contributed by atoms with Crippen LogP contribution in [0, 0.1) is 6.92 Å². The first-order valence-corrected chi connectivity index (χ1v) is 7.01. The predicted octanol–water partition coefficient (Wildman–Crippen LogP) is 4.24. The molecule has 0 bridgehead atoms. The zero-order valence-electron chi connectivity index (χ0n) is 12.2. The fraction of sp³-hybridized carbons (Fsp3) is 0.158. The van der Waals surface area contributed by atoms with Gasteiger partial charge >= 0.3 is 0 Å². The SMILES string of the molecule is COc1ccc(C(O)c2c(C)ccc3ccccc23)cc1. The van der Waals surface area contributed by atoms with Crippen molar-refractivity contribution in [1.29, 1.82) is 0 Å². The molecule has 1 N–H and O–H groups in total. The van der Waals surface area contributed by atoms with Crippen molar-refractivity contribution in [3.8, 4) is 5.75 Å². The van der Waals surface area contributed by atoms with Crippen molar-refractivity contribution in [1.82, 2.24) is 0 Å². The second-order valence-corrected chi connectivity index (χ2v) is 5.19. The Bertz CT molecular complexity index is 760. The van der Waals surface area contributed by atoms with Crippen LogP contribution in [0.4, 0.5) is 0 Å². The van der Waals surface area contributed by atoms with E-state index >= 15 is 0 Å². The number of ether oxygens (including phenoxy) is 1. The number of benzene rings is 3. The Labute approximate surface area is 124 Å². The van der Waals surface area contributed by atoms with Gasteiger partial charge in [0.05, 0.1) is 7.11 Å². The van der Waals surface area contributed by atoms with Gasteiger partial charge in [-0.1, -0.05) is 48.5 Å². The summed E-state index contributed by atoms with van der Waals surface area (Å²) in [4.78, 5) is 0. The van der Waals surface area contributed by atoms with Crippen LogP contribution in [0.1, 0.15) is 22.8 Å². The summed E-state index contributed by atoms with van der Waals surface area (Å²) in [6.07, 6.45) is -0.637. The summed E-state index contributed by atoms with van der Waals surface area (Å²) in [6.45, 7) is 2.04. The fourth-order valence-electron chi connectivity index (χ4n) is 2.72. The molecule has 3 rings (SSSR count). The Balaban J connectivity index is 2.12. The summed E-state index contributed by atoms with van der Waals surface area (Å²) in [6, 6.07) is 19.9. The molecule has 2 heteroatoms. The minimum Gasteiger partial charge on any atom is -0.497 e. The van der Waals surface area contributed by atoms with Crippen molar-refractivity contribution in [2.45, 2.75) is 13.0 Å². The zero-order valence-corrected chi connectivity index (χ0v) is 12.2. The lowest BCUT2D eigenvalue weighted by molar-refractivity contribution is 0.221. The molecule has 0 spiro atoms. The molecule has 0 aliphatic rings. The highest BCUT2D eigenvalue weighted by Gasteiger charge is 2.16. The van der Waals surface area contributed by atoms with E-state index in [4.69, 9.17) is 4.74 Å². The van der Waals surface area contributed by atoms with Crippen molar-refractivity contribution < 1.29 is 9.84 Å². The Morgan fingerprint density at radius 2 is 1.62 bits per heavy atom. The van der Waals surface area contributed by atoms with Crippen molar-refractivity contribution in [2.75, 3.05) is 7.11 Å². The largest absolute Gasteiger partial charge is 0.497 e. The van der Waals surface area contributed by atoms with E-state index in [1.165, 1.54) is 0 Å². The molecule has 0 heterocycles. The predicted molar refractivity (Wildman–Crippen MR) is 85.7 cm³/mol. The van der Waals surface area contributed by atoms with E-state index in [9.17, 15) is 5.11 Å². The van der Waals surface area contributed by atoms with Gasteiger partial charge in [-0.3, -0.25) is 0 Å². The van der Waals surface area contributed by atoms with Gasteiger partial charge in [-0.15, -0.1) is 0 Å². The van der Waals surface area contributed by atoms with E-state index < -0.39 is 6.10 Å². The quantitative estimate of drug-likeness (QED) is 0.776. The maximum atomic E-state index is 10.8. The maximum absolute atomic E-state index is 10.8. The first kappa shape index (κ1) is 13.7. The monoisotopic (exact) mass is 278 g/mol. The third-order valence-corrected chi connectivity index (χ3v) is 3.89. The standard InChI is InChI=1S/C19H18O2/c1-13-7-8-14-5-3-4-6-17(14)18(13)19(20)15-9-11-16(21-2)12-10-15/h3-12,19-20H,1-2H3. The molecule has 0 saturated carbocycles. The normalized spacial score (nSPS) is 12.3. The zero-order chi connectivity index (χ0) is 14.8. The molecular formula is C19H18O2. The number of hydrogen-bond acceptors (Lipinski definition) is 2. The summed E-state index contributed by atoms with van der Waals surface area (Å²) in [5.41, 5.74) is 2.94. The van der Waals surface area contributed by atoms with Gasteiger partial charge in [-0.2, -0.15) is 0 Å². The van der Waals surface area contributed by atoms with Crippen LogP contribution in [0.15, 0.2) is 60.7 Å². The number of hydrogen-bond donors (Lipinski definition) is 1. The Kier molecular flexibility index (Phi) is 3.63. The summed E-state index contributed by atoms with van der Waals surface area (Å²) in [5, 5.41) is 13.0. The number of fused-ring (bicyclic) bond motifs is 1. The molecule has 0 radical (unpaired) electrons. The number of aliphatic hydroxyl groups is 1. The van der Waals surface area contributed by atoms with Crippen LogP contribution in [0.2, 0.25) is 0 Å². The minimum atomic E-state index is -0.637. The van der Waals surface area contributed by atoms with E-state index in [2.05, 4.69) is 24.3 Å². The van der Waals surface area contributed by atoms with E-state index in [1.54, 1.807) is 7.11 Å². The average Bonchev–Trinajstić information content (AvgIpc) is 2.54. The Morgan fingerprint density at radius 3 is 2.33 bits per heavy atom. The number of aryl methyl sites for hydroxylation is 1. The molecule has 1 atom stereocenters. The van der Waals surface area contributed by atoms with Crippen LogP contribution in [-0.4, -0.2) is 12.2 Å². The van der Waals surface area contributed by atoms with Gasteiger partial charge < -0.3 is 9.84 Å². The third-order valence-electron chi connectivity index (χ3n) is 3.89. The maximum Gasteiger partial charge on any atom is 0.118 e. The molecule has 0 fully saturated rings. The summed E-state index contributed by atoms with van der Waals surface area (Å²) >= 11 is 0. The van der Waals surface area contributed by atoms with Crippen molar-refractivity contribution in [3.63, 3.8) is 0 Å². The lowest BCUT2D eigenvalue weighted by Gasteiger charge is -2.17. The van der Waals surface area contributed by atoms with Gasteiger partial charge in [-0.25, -0.2) is 0 Å². The third kappa shape index (κ3) is 2.50. The van der Waals surface area contributed by atoms with E-state index in [0.717, 1.165) is 33.2 Å². The lowest BCUT2D eigenvalue weighted by atomic mass is 9.92. The highest BCUT2D eigenvalue weighted by Crippen LogP contribution is 2.32. The van der Waals surface area contributed by atoms with Gasteiger partial charge in [-0.05, 0) is 46.5 Å². The molecule has 3 aromatic carbocycles. The van der Waals surface area contributed by atoms with Gasteiger partial charge in [0.2, 0.25) is 0 Å². The van der Waals surface area contributed by atoms with Crippen LogP contribution in [-0.2, 0) is 0 Å². The molecule has 0 saturated heterocycles. The molecular weight excluding hydrogens is 260 g/mol. The molecule has 0 aromatic heterocycles. The van der Waals surface area contributed by atoms with Crippen LogP contribution in [0.3, 0.4) is 0 Å². The molecule has 0 aliphatic carbocycles. The van der Waals surface area contributed by atoms with Gasteiger partial charge in [0, 0.05) is 0 Å². The highest BCUT2D eigenvalue weighted by atomic mass is 16.5. The van der Waals surface area contributed by atoms with Gasteiger partial charge in [0.15, 0.2) is 0 Å². The topological polar surface area (TPSA) is 29.5 Å². The van der Waals surface area contributed by atoms with Crippen molar-refractivity contribution in [3.05, 3.63) is 77.4 Å². The molecule has 3 aromatic rings. The molecule has 0 amide bonds. The van der Waals surface area contributed by atoms with E-state index in [1.807, 2.05) is 43.3 Å². The fourth-order valence-corrected chi connectivity index (χ4v) is 2.72. The van der Waals surface area contributed by atoms with Crippen molar-refractivity contribution >= 4 is 10.8 Å². The molecule has 2 nitrogen and oxygen atoms in total. The Hall–Kier alpha value is -2.32. The molecule has 21 heavy (non-hydrogen) atoms. The summed E-state index contributed by atoms with van der Waals surface area (Å²) in [5.74, 6) is 0.792. The van der Waals surface area contributed by atoms with Crippen LogP contribution >= 0.6 is 0 Å². The molecule has 1 unspecified atom stereocenters. The van der Waals surface area contributed by atoms with E-state index in [-0.39, 0.29) is 0 Å². The number of methoxy groups -OCH3 is 1. The van der Waals surface area contributed by atoms with Crippen LogP contribution in [0.5, 0.6) is 5.75 Å². The van der Waals surface area contributed by atoms with Gasteiger partial charge in [0.1, 0.15) is 11.9 Å². The van der Waals surface area contributed by atoms with E-state index in [0.29, 0.717) is 0 Å². The second-order valence-electron chi connectivity index (χ2n) is 5.19. The smallest absolute Gasteiger partial charge is 0.118 e. The van der Waals surface area contributed by atoms with Crippen LogP contribution in [0.25, 0.3) is 10.8 Å².